The van der Waals surface area contributed by atoms with Crippen molar-refractivity contribution < 1.29 is 0 Å². The van der Waals surface area contributed by atoms with Gasteiger partial charge in [-0.3, -0.25) is 0 Å². The van der Waals surface area contributed by atoms with Crippen LogP contribution in [-0.2, 0) is 0 Å². The van der Waals surface area contributed by atoms with Crippen molar-refractivity contribution in [2.75, 3.05) is 0 Å². The molecule has 8 aromatic rings. The molecule has 0 amide bonds. The summed E-state index contributed by atoms with van der Waals surface area (Å²) < 4.78 is 0. The maximum absolute atomic E-state index is 2.46. The summed E-state index contributed by atoms with van der Waals surface area (Å²) in [6.07, 6.45) is 0. The van der Waals surface area contributed by atoms with Gasteiger partial charge in [0, 0.05) is 0 Å². The van der Waals surface area contributed by atoms with Crippen LogP contribution in [0.5, 0.6) is 0 Å². The lowest BCUT2D eigenvalue weighted by Crippen LogP contribution is -1.88. The average Bonchev–Trinajstić information content (AvgIpc) is 3.29. The number of hydrogen-bond acceptors (Lipinski definition) is 0. The highest BCUT2D eigenvalue weighted by atomic mass is 14.3. The molecule has 0 N–H and O–H groups in total. The maximum Gasteiger partial charge on any atom is -0.00199 e. The van der Waals surface area contributed by atoms with Gasteiger partial charge < -0.3 is 0 Å². The lowest BCUT2D eigenvalue weighted by atomic mass is 9.87. The normalized spacial score (nSPS) is 12.2. The first kappa shape index (κ1) is 20.2. The SMILES string of the molecule is c1ccc2cc3c(cc2c1)-c1cccc2c1c-3cc1c3ccccc3c(-c3cccc4ccccc34)cc21. The largest absolute Gasteiger partial charge is 0.0616 e. The van der Waals surface area contributed by atoms with Crippen LogP contribution >= 0.6 is 0 Å². The van der Waals surface area contributed by atoms with Crippen LogP contribution in [-0.4, -0.2) is 0 Å². The van der Waals surface area contributed by atoms with Gasteiger partial charge in [0.2, 0.25) is 0 Å². The highest BCUT2D eigenvalue weighted by Crippen LogP contribution is 2.52. The van der Waals surface area contributed by atoms with Gasteiger partial charge in [0.15, 0.2) is 0 Å². The molecule has 0 heterocycles. The second-order valence-electron chi connectivity index (χ2n) is 10.5. The first-order valence-corrected chi connectivity index (χ1v) is 13.3. The zero-order chi connectivity index (χ0) is 24.8. The Morgan fingerprint density at radius 1 is 0.237 bits per heavy atom. The minimum atomic E-state index is 1.28. The molecule has 0 radical (unpaired) electrons. The van der Waals surface area contributed by atoms with Crippen molar-refractivity contribution in [2.24, 2.45) is 0 Å². The fourth-order valence-corrected chi connectivity index (χ4v) is 6.87. The monoisotopic (exact) mass is 478 g/mol. The predicted molar refractivity (Wildman–Crippen MR) is 164 cm³/mol. The van der Waals surface area contributed by atoms with Crippen LogP contribution in [0, 0.1) is 0 Å². The number of rotatable bonds is 1. The Bertz CT molecular complexity index is 2280. The molecule has 0 nitrogen and oxygen atoms in total. The van der Waals surface area contributed by atoms with Gasteiger partial charge in [0.05, 0.1) is 0 Å². The molecule has 0 atom stereocenters. The van der Waals surface area contributed by atoms with Gasteiger partial charge in [-0.15, -0.1) is 0 Å². The summed E-state index contributed by atoms with van der Waals surface area (Å²) in [6.45, 7) is 0. The Labute approximate surface area is 220 Å². The van der Waals surface area contributed by atoms with E-state index in [0.717, 1.165) is 0 Å². The second kappa shape index (κ2) is 7.31. The molecule has 38 heavy (non-hydrogen) atoms. The summed E-state index contributed by atoms with van der Waals surface area (Å²) in [7, 11) is 0. The van der Waals surface area contributed by atoms with E-state index in [0.29, 0.717) is 0 Å². The molecule has 0 saturated heterocycles. The summed E-state index contributed by atoms with van der Waals surface area (Å²) in [5, 5.41) is 13.1. The second-order valence-corrected chi connectivity index (χ2v) is 10.5. The van der Waals surface area contributed by atoms with Crippen LogP contribution in [0.2, 0.25) is 0 Å². The fourth-order valence-electron chi connectivity index (χ4n) is 6.87. The highest BCUT2D eigenvalue weighted by Gasteiger charge is 2.24. The first-order valence-electron chi connectivity index (χ1n) is 13.3. The minimum absolute atomic E-state index is 1.28. The van der Waals surface area contributed by atoms with Gasteiger partial charge in [0.1, 0.15) is 0 Å². The molecule has 0 aromatic heterocycles. The third kappa shape index (κ3) is 2.59. The van der Waals surface area contributed by atoms with E-state index in [9.17, 15) is 0 Å². The van der Waals surface area contributed by atoms with Crippen molar-refractivity contribution in [3.8, 4) is 33.4 Å². The van der Waals surface area contributed by atoms with E-state index in [1.807, 2.05) is 0 Å². The Morgan fingerprint density at radius 2 is 0.763 bits per heavy atom. The third-order valence-corrected chi connectivity index (χ3v) is 8.54. The van der Waals surface area contributed by atoms with Crippen LogP contribution in [0.4, 0.5) is 0 Å². The van der Waals surface area contributed by atoms with Crippen LogP contribution in [0.15, 0.2) is 133 Å². The van der Waals surface area contributed by atoms with Crippen molar-refractivity contribution >= 4 is 53.9 Å². The average molecular weight is 479 g/mol. The Balaban J connectivity index is 1.46. The molecular formula is C38H22. The van der Waals surface area contributed by atoms with Gasteiger partial charge in [-0.05, 0) is 112 Å². The molecule has 1 aliphatic rings. The molecule has 9 rings (SSSR count). The quantitative estimate of drug-likeness (QED) is 0.206. The van der Waals surface area contributed by atoms with Gasteiger partial charge in [0.25, 0.3) is 0 Å². The Hall–Kier alpha value is -4.94. The zero-order valence-electron chi connectivity index (χ0n) is 20.7. The third-order valence-electron chi connectivity index (χ3n) is 8.54. The van der Waals surface area contributed by atoms with Crippen molar-refractivity contribution in [3.05, 3.63) is 133 Å². The van der Waals surface area contributed by atoms with E-state index in [2.05, 4.69) is 133 Å². The van der Waals surface area contributed by atoms with E-state index in [-0.39, 0.29) is 0 Å². The molecular weight excluding hydrogens is 456 g/mol. The van der Waals surface area contributed by atoms with Crippen LogP contribution in [0.3, 0.4) is 0 Å². The molecule has 0 unspecified atom stereocenters. The topological polar surface area (TPSA) is 0 Å². The zero-order valence-corrected chi connectivity index (χ0v) is 20.7. The lowest BCUT2D eigenvalue weighted by Gasteiger charge is -2.16. The molecule has 1 aliphatic carbocycles. The van der Waals surface area contributed by atoms with Gasteiger partial charge in [-0.2, -0.15) is 0 Å². The van der Waals surface area contributed by atoms with Crippen LogP contribution in [0.1, 0.15) is 0 Å². The molecule has 0 fully saturated rings. The minimum Gasteiger partial charge on any atom is -0.0616 e. The molecule has 0 heteroatoms. The standard InChI is InChI=1S/C38H22/c1-2-11-25-20-33-32(19-24(25)10-1)30-17-8-18-31-36-21-34(27-16-7-12-23-9-3-4-13-26(23)27)28-14-5-6-15-29(28)35(36)22-37(33)38(30)31/h1-22H. The number of hydrogen-bond donors (Lipinski definition) is 0. The first-order chi connectivity index (χ1) is 18.8. The van der Waals surface area contributed by atoms with E-state index in [1.165, 1.54) is 87.2 Å². The summed E-state index contributed by atoms with van der Waals surface area (Å²) in [4.78, 5) is 0. The Morgan fingerprint density at radius 3 is 1.58 bits per heavy atom. The van der Waals surface area contributed by atoms with Crippen molar-refractivity contribution in [1.29, 1.82) is 0 Å². The smallest absolute Gasteiger partial charge is 0.00199 e. The van der Waals surface area contributed by atoms with E-state index < -0.39 is 0 Å². The van der Waals surface area contributed by atoms with Crippen molar-refractivity contribution in [1.82, 2.24) is 0 Å². The molecule has 0 spiro atoms. The fraction of sp³-hybridized carbons (Fsp3) is 0. The predicted octanol–water partition coefficient (Wildman–Crippen LogP) is 10.8. The molecule has 0 aliphatic heterocycles. The van der Waals surface area contributed by atoms with Crippen molar-refractivity contribution in [2.45, 2.75) is 0 Å². The number of benzene rings is 8. The van der Waals surface area contributed by atoms with E-state index in [1.54, 1.807) is 0 Å². The lowest BCUT2D eigenvalue weighted by molar-refractivity contribution is 1.71. The highest BCUT2D eigenvalue weighted by molar-refractivity contribution is 6.29. The molecule has 0 bridgehead atoms. The molecule has 174 valence electrons. The summed E-state index contributed by atoms with van der Waals surface area (Å²) in [5.74, 6) is 0. The molecule has 0 saturated carbocycles. The summed E-state index contributed by atoms with van der Waals surface area (Å²) >= 11 is 0. The summed E-state index contributed by atoms with van der Waals surface area (Å²) in [6, 6.07) is 49.5. The summed E-state index contributed by atoms with van der Waals surface area (Å²) in [5.41, 5.74) is 7.98. The van der Waals surface area contributed by atoms with Gasteiger partial charge in [-0.25, -0.2) is 0 Å². The molecule has 8 aromatic carbocycles. The van der Waals surface area contributed by atoms with Gasteiger partial charge >= 0.3 is 0 Å². The van der Waals surface area contributed by atoms with Crippen molar-refractivity contribution in [3.63, 3.8) is 0 Å². The van der Waals surface area contributed by atoms with Gasteiger partial charge in [-0.1, -0.05) is 109 Å². The Kier molecular flexibility index (Phi) is 3.88. The van der Waals surface area contributed by atoms with E-state index >= 15 is 0 Å². The van der Waals surface area contributed by atoms with E-state index in [4.69, 9.17) is 0 Å². The maximum atomic E-state index is 2.46. The van der Waals surface area contributed by atoms with Crippen LogP contribution < -0.4 is 0 Å². The number of fused-ring (bicyclic) bond motifs is 9. The van der Waals surface area contributed by atoms with Crippen LogP contribution in [0.25, 0.3) is 87.2 Å².